The number of carbonyl (C=O) groups is 1. The van der Waals surface area contributed by atoms with E-state index < -0.39 is 0 Å². The lowest BCUT2D eigenvalue weighted by molar-refractivity contribution is -0.122. The van der Waals surface area contributed by atoms with Crippen LogP contribution in [0.25, 0.3) is 10.9 Å². The first-order valence-corrected chi connectivity index (χ1v) is 8.36. The van der Waals surface area contributed by atoms with Crippen LogP contribution in [-0.4, -0.2) is 20.4 Å². The molecule has 0 aliphatic heterocycles. The summed E-state index contributed by atoms with van der Waals surface area (Å²) < 4.78 is 1.99. The van der Waals surface area contributed by atoms with E-state index in [1.807, 2.05) is 48.1 Å². The van der Waals surface area contributed by atoms with Crippen molar-refractivity contribution in [3.8, 4) is 0 Å². The van der Waals surface area contributed by atoms with E-state index in [0.717, 1.165) is 47.2 Å². The van der Waals surface area contributed by atoms with Gasteiger partial charge in [0.15, 0.2) is 0 Å². The van der Waals surface area contributed by atoms with Crippen LogP contribution in [0.4, 0.5) is 0 Å². The van der Waals surface area contributed by atoms with Crippen LogP contribution in [0.15, 0.2) is 42.7 Å². The quantitative estimate of drug-likeness (QED) is 0.807. The average Bonchev–Trinajstić information content (AvgIpc) is 2.98. The Labute approximate surface area is 140 Å². The van der Waals surface area contributed by atoms with Crippen molar-refractivity contribution in [2.24, 2.45) is 0 Å². The number of nitrogens with zero attached hydrogens (tertiary/aromatic N) is 3. The molecule has 0 saturated heterocycles. The molecule has 1 aromatic carbocycles. The zero-order valence-electron chi connectivity index (χ0n) is 13.7. The van der Waals surface area contributed by atoms with Gasteiger partial charge in [-0.3, -0.25) is 4.79 Å². The third kappa shape index (κ3) is 2.77. The van der Waals surface area contributed by atoms with Crippen molar-refractivity contribution < 1.29 is 4.79 Å². The van der Waals surface area contributed by atoms with Gasteiger partial charge < -0.3 is 9.88 Å². The highest BCUT2D eigenvalue weighted by atomic mass is 16.2. The lowest BCUT2D eigenvalue weighted by Crippen LogP contribution is -2.33. The number of rotatable bonds is 3. The fraction of sp³-hybridized carbons (Fsp3) is 0.316. The summed E-state index contributed by atoms with van der Waals surface area (Å²) in [6.07, 6.45) is 6.78. The van der Waals surface area contributed by atoms with Crippen molar-refractivity contribution in [2.75, 3.05) is 0 Å². The van der Waals surface area contributed by atoms with Crippen LogP contribution in [0.2, 0.25) is 0 Å². The van der Waals surface area contributed by atoms with Crippen LogP contribution >= 0.6 is 0 Å². The van der Waals surface area contributed by atoms with Crippen molar-refractivity contribution in [1.29, 1.82) is 0 Å². The van der Waals surface area contributed by atoms with Crippen LogP contribution in [0.1, 0.15) is 36.0 Å². The maximum Gasteiger partial charge on any atom is 0.240 e. The minimum absolute atomic E-state index is 0.0173. The predicted molar refractivity (Wildman–Crippen MR) is 92.5 cm³/mol. The lowest BCUT2D eigenvalue weighted by atomic mass is 9.92. The third-order valence-corrected chi connectivity index (χ3v) is 4.63. The number of hydrogen-bond acceptors (Lipinski definition) is 3. The van der Waals surface area contributed by atoms with E-state index in [9.17, 15) is 4.79 Å². The molecule has 5 nitrogen and oxygen atoms in total. The fourth-order valence-electron chi connectivity index (χ4n) is 3.47. The van der Waals surface area contributed by atoms with E-state index in [4.69, 9.17) is 0 Å². The summed E-state index contributed by atoms with van der Waals surface area (Å²) in [5.74, 6) is 0.814. The summed E-state index contributed by atoms with van der Waals surface area (Å²) in [6, 6.07) is 10.1. The second-order valence-corrected chi connectivity index (χ2v) is 6.33. The molecule has 0 fully saturated rings. The normalized spacial score (nSPS) is 16.8. The number of hydrogen-bond donors (Lipinski definition) is 1. The van der Waals surface area contributed by atoms with Gasteiger partial charge in [-0.2, -0.15) is 0 Å². The molecule has 2 heterocycles. The highest BCUT2D eigenvalue weighted by Gasteiger charge is 2.23. The van der Waals surface area contributed by atoms with Gasteiger partial charge in [0.05, 0.1) is 6.04 Å². The van der Waals surface area contributed by atoms with Crippen LogP contribution in [0, 0.1) is 6.92 Å². The molecule has 3 aromatic rings. The number of fused-ring (bicyclic) bond motifs is 2. The van der Waals surface area contributed by atoms with Gasteiger partial charge in [-0.05, 0) is 43.7 Å². The summed E-state index contributed by atoms with van der Waals surface area (Å²) >= 11 is 0. The Kier molecular flexibility index (Phi) is 3.76. The van der Waals surface area contributed by atoms with Crippen molar-refractivity contribution in [3.05, 3.63) is 59.8 Å². The van der Waals surface area contributed by atoms with Crippen molar-refractivity contribution in [2.45, 2.75) is 38.8 Å². The third-order valence-electron chi connectivity index (χ3n) is 4.63. The van der Waals surface area contributed by atoms with Crippen molar-refractivity contribution in [3.63, 3.8) is 0 Å². The second kappa shape index (κ2) is 6.07. The zero-order chi connectivity index (χ0) is 16.5. The average molecular weight is 320 g/mol. The van der Waals surface area contributed by atoms with Gasteiger partial charge in [0.25, 0.3) is 0 Å². The largest absolute Gasteiger partial charge is 0.348 e. The number of carbonyl (C=O) groups excluding carboxylic acids is 1. The first kappa shape index (κ1) is 14.9. The van der Waals surface area contributed by atoms with E-state index in [0.29, 0.717) is 6.54 Å². The Hall–Kier alpha value is -2.69. The van der Waals surface area contributed by atoms with E-state index in [2.05, 4.69) is 21.4 Å². The molecule has 0 spiro atoms. The highest BCUT2D eigenvalue weighted by Crippen LogP contribution is 2.28. The monoisotopic (exact) mass is 320 g/mol. The Morgan fingerprint density at radius 2 is 2.21 bits per heavy atom. The summed E-state index contributed by atoms with van der Waals surface area (Å²) in [5, 5.41) is 4.31. The van der Waals surface area contributed by atoms with E-state index in [1.165, 1.54) is 0 Å². The number of aromatic nitrogens is 3. The lowest BCUT2D eigenvalue weighted by Gasteiger charge is -2.25. The molecular formula is C19H20N4O. The first-order valence-electron chi connectivity index (χ1n) is 8.36. The van der Waals surface area contributed by atoms with Crippen molar-refractivity contribution in [1.82, 2.24) is 19.9 Å². The van der Waals surface area contributed by atoms with Gasteiger partial charge in [0.2, 0.25) is 5.91 Å². The smallest absolute Gasteiger partial charge is 0.240 e. The first-order chi connectivity index (χ1) is 11.7. The molecule has 1 N–H and O–H groups in total. The van der Waals surface area contributed by atoms with Gasteiger partial charge in [-0.15, -0.1) is 0 Å². The highest BCUT2D eigenvalue weighted by molar-refractivity contribution is 5.83. The second-order valence-electron chi connectivity index (χ2n) is 6.33. The number of para-hydroxylation sites is 1. The van der Waals surface area contributed by atoms with E-state index in [1.54, 1.807) is 0 Å². The van der Waals surface area contributed by atoms with E-state index in [-0.39, 0.29) is 11.9 Å². The minimum Gasteiger partial charge on any atom is -0.348 e. The Balaban J connectivity index is 1.51. The standard InChI is InChI=1S/C19H20N4O/c1-13-20-11-15-16(21-13)6-4-7-17(15)22-19(24)12-23-10-9-14-5-2-3-8-18(14)23/h2-3,5,8-11,17H,4,6-7,12H2,1H3,(H,22,24). The van der Waals surface area contributed by atoms with E-state index >= 15 is 0 Å². The van der Waals surface area contributed by atoms with Gasteiger partial charge >= 0.3 is 0 Å². The summed E-state index contributed by atoms with van der Waals surface area (Å²) in [6.45, 7) is 2.23. The van der Waals surface area contributed by atoms with Gasteiger partial charge in [-0.1, -0.05) is 18.2 Å². The van der Waals surface area contributed by atoms with Crippen LogP contribution in [0.5, 0.6) is 0 Å². The summed E-state index contributed by atoms with van der Waals surface area (Å²) in [4.78, 5) is 21.3. The Morgan fingerprint density at radius 1 is 1.33 bits per heavy atom. The minimum atomic E-state index is 0.0173. The molecule has 1 amide bonds. The molecule has 1 aliphatic carbocycles. The molecule has 4 rings (SSSR count). The molecule has 0 saturated carbocycles. The topological polar surface area (TPSA) is 59.8 Å². The van der Waals surface area contributed by atoms with Crippen LogP contribution in [0.3, 0.4) is 0 Å². The molecule has 2 aromatic heterocycles. The molecule has 1 aliphatic rings. The van der Waals surface area contributed by atoms with Crippen molar-refractivity contribution >= 4 is 16.8 Å². The maximum atomic E-state index is 12.5. The molecule has 24 heavy (non-hydrogen) atoms. The van der Waals surface area contributed by atoms with Crippen LogP contribution in [-0.2, 0) is 17.8 Å². The van der Waals surface area contributed by atoms with Gasteiger partial charge in [0.1, 0.15) is 12.4 Å². The molecular weight excluding hydrogens is 300 g/mol. The number of aryl methyl sites for hydroxylation is 2. The number of amides is 1. The molecule has 0 bridgehead atoms. The fourth-order valence-corrected chi connectivity index (χ4v) is 3.47. The molecule has 0 radical (unpaired) electrons. The summed E-state index contributed by atoms with van der Waals surface area (Å²) in [5.41, 5.74) is 3.22. The van der Waals surface area contributed by atoms with Gasteiger partial charge in [-0.25, -0.2) is 9.97 Å². The number of nitrogens with one attached hydrogen (secondary N) is 1. The Morgan fingerprint density at radius 3 is 3.12 bits per heavy atom. The number of benzene rings is 1. The molecule has 122 valence electrons. The molecule has 1 unspecified atom stereocenters. The zero-order valence-corrected chi connectivity index (χ0v) is 13.7. The van der Waals surface area contributed by atoms with Crippen LogP contribution < -0.4 is 5.32 Å². The molecule has 5 heteroatoms. The summed E-state index contributed by atoms with van der Waals surface area (Å²) in [7, 11) is 0. The Bertz CT molecular complexity index is 899. The van der Waals surface area contributed by atoms with Gasteiger partial charge in [0, 0.05) is 29.2 Å². The predicted octanol–water partition coefficient (Wildman–Crippen LogP) is 2.93. The molecule has 1 atom stereocenters. The maximum absolute atomic E-state index is 12.5. The SMILES string of the molecule is Cc1ncc2c(n1)CCCC2NC(=O)Cn1ccc2ccccc21.